The summed E-state index contributed by atoms with van der Waals surface area (Å²) in [6.45, 7) is 3.56. The molecule has 1 saturated heterocycles. The van der Waals surface area contributed by atoms with E-state index in [-0.39, 0.29) is 18.4 Å². The molecule has 7 nitrogen and oxygen atoms in total. The number of carbonyl (C=O) groups is 2. The number of aromatic nitrogens is 2. The van der Waals surface area contributed by atoms with E-state index in [1.807, 2.05) is 0 Å². The second kappa shape index (κ2) is 4.41. The van der Waals surface area contributed by atoms with Crippen LogP contribution < -0.4 is 16.0 Å². The highest BCUT2D eigenvalue weighted by Crippen LogP contribution is 2.30. The zero-order valence-corrected chi connectivity index (χ0v) is 11.8. The smallest absolute Gasteiger partial charge is 0.251 e. The van der Waals surface area contributed by atoms with Crippen molar-refractivity contribution >= 4 is 34.2 Å². The molecule has 2 aromatic rings. The van der Waals surface area contributed by atoms with Crippen LogP contribution in [0.2, 0.25) is 0 Å². The van der Waals surface area contributed by atoms with Crippen LogP contribution in [0.4, 0.5) is 11.5 Å². The molecule has 3 rings (SSSR count). The van der Waals surface area contributed by atoms with Crippen LogP contribution in [0.5, 0.6) is 0 Å². The summed E-state index contributed by atoms with van der Waals surface area (Å²) in [5, 5.41) is 3.10. The third-order valence-electron chi connectivity index (χ3n) is 3.68. The quantitative estimate of drug-likeness (QED) is 0.583. The highest BCUT2D eigenvalue weighted by atomic mass is 16.2. The summed E-state index contributed by atoms with van der Waals surface area (Å²) in [7, 11) is 0. The Kier molecular flexibility index (Phi) is 2.79. The van der Waals surface area contributed by atoms with Crippen LogP contribution in [0.1, 0.15) is 13.8 Å². The Morgan fingerprint density at radius 2 is 2.05 bits per heavy atom. The second-order valence-corrected chi connectivity index (χ2v) is 5.50. The fourth-order valence-corrected chi connectivity index (χ4v) is 2.40. The SMILES string of the molecule is CC1(C)C(=O)NC(=O)CN1c1ncnc2cc(N)ccc12. The van der Waals surface area contributed by atoms with E-state index in [0.717, 1.165) is 5.39 Å². The van der Waals surface area contributed by atoms with Gasteiger partial charge in [-0.25, -0.2) is 9.97 Å². The summed E-state index contributed by atoms with van der Waals surface area (Å²) in [6, 6.07) is 5.28. The lowest BCUT2D eigenvalue weighted by Gasteiger charge is -2.41. The van der Waals surface area contributed by atoms with Crippen LogP contribution in [-0.2, 0) is 9.59 Å². The summed E-state index contributed by atoms with van der Waals surface area (Å²) in [6.07, 6.45) is 1.41. The molecule has 3 N–H and O–H groups in total. The Bertz CT molecular complexity index is 756. The highest BCUT2D eigenvalue weighted by Gasteiger charge is 2.42. The van der Waals surface area contributed by atoms with E-state index in [9.17, 15) is 9.59 Å². The minimum atomic E-state index is -0.878. The average molecular weight is 285 g/mol. The van der Waals surface area contributed by atoms with Gasteiger partial charge in [-0.15, -0.1) is 0 Å². The number of piperazine rings is 1. The number of amides is 2. The number of benzene rings is 1. The third-order valence-corrected chi connectivity index (χ3v) is 3.68. The van der Waals surface area contributed by atoms with E-state index in [4.69, 9.17) is 5.73 Å². The van der Waals surface area contributed by atoms with Crippen molar-refractivity contribution in [2.24, 2.45) is 0 Å². The average Bonchev–Trinajstić information content (AvgIpc) is 2.42. The minimum absolute atomic E-state index is 0.0647. The van der Waals surface area contributed by atoms with E-state index >= 15 is 0 Å². The number of hydrogen-bond acceptors (Lipinski definition) is 6. The fraction of sp³-hybridized carbons (Fsp3) is 0.286. The summed E-state index contributed by atoms with van der Waals surface area (Å²) in [5.41, 5.74) is 6.15. The van der Waals surface area contributed by atoms with Crippen molar-refractivity contribution < 1.29 is 9.59 Å². The Labute approximate surface area is 121 Å². The Hall–Kier alpha value is -2.70. The molecule has 0 unspecified atom stereocenters. The topological polar surface area (TPSA) is 101 Å². The maximum Gasteiger partial charge on any atom is 0.251 e. The molecule has 1 fully saturated rings. The zero-order valence-electron chi connectivity index (χ0n) is 11.8. The third kappa shape index (κ3) is 2.06. The summed E-state index contributed by atoms with van der Waals surface area (Å²) in [5.74, 6) is -0.143. The number of hydrogen-bond donors (Lipinski definition) is 2. The molecule has 2 amide bonds. The predicted molar refractivity (Wildman–Crippen MR) is 78.5 cm³/mol. The van der Waals surface area contributed by atoms with Crippen LogP contribution in [0.25, 0.3) is 10.9 Å². The van der Waals surface area contributed by atoms with Gasteiger partial charge in [-0.1, -0.05) is 0 Å². The van der Waals surface area contributed by atoms with Gasteiger partial charge >= 0.3 is 0 Å². The van der Waals surface area contributed by atoms with E-state index in [2.05, 4.69) is 15.3 Å². The molecular formula is C14H15N5O2. The number of nitrogen functional groups attached to an aromatic ring is 1. The maximum absolute atomic E-state index is 12.1. The van der Waals surface area contributed by atoms with Gasteiger partial charge in [0.2, 0.25) is 5.91 Å². The van der Waals surface area contributed by atoms with Gasteiger partial charge < -0.3 is 10.6 Å². The van der Waals surface area contributed by atoms with E-state index < -0.39 is 5.54 Å². The van der Waals surface area contributed by atoms with Gasteiger partial charge in [0.15, 0.2) is 0 Å². The molecular weight excluding hydrogens is 270 g/mol. The first-order valence-electron chi connectivity index (χ1n) is 6.52. The largest absolute Gasteiger partial charge is 0.399 e. The second-order valence-electron chi connectivity index (χ2n) is 5.50. The van der Waals surface area contributed by atoms with Crippen molar-refractivity contribution in [3.8, 4) is 0 Å². The summed E-state index contributed by atoms with van der Waals surface area (Å²) in [4.78, 5) is 33.9. The summed E-state index contributed by atoms with van der Waals surface area (Å²) >= 11 is 0. The predicted octanol–water partition coefficient (Wildman–Crippen LogP) is 0.453. The van der Waals surface area contributed by atoms with Gasteiger partial charge in [-0.05, 0) is 32.0 Å². The number of imide groups is 1. The van der Waals surface area contributed by atoms with Crippen LogP contribution in [0, 0.1) is 0 Å². The lowest BCUT2D eigenvalue weighted by atomic mass is 9.98. The number of rotatable bonds is 1. The first-order valence-corrected chi connectivity index (χ1v) is 6.52. The molecule has 1 aliphatic rings. The minimum Gasteiger partial charge on any atom is -0.399 e. The molecule has 0 saturated carbocycles. The lowest BCUT2D eigenvalue weighted by Crippen LogP contribution is -2.64. The molecule has 0 aliphatic carbocycles. The molecule has 2 heterocycles. The normalized spacial score (nSPS) is 17.9. The molecule has 21 heavy (non-hydrogen) atoms. The first kappa shape index (κ1) is 13.3. The molecule has 0 radical (unpaired) electrons. The van der Waals surface area contributed by atoms with Crippen LogP contribution in [0.15, 0.2) is 24.5 Å². The van der Waals surface area contributed by atoms with Gasteiger partial charge in [0.25, 0.3) is 5.91 Å². The summed E-state index contributed by atoms with van der Waals surface area (Å²) < 4.78 is 0. The lowest BCUT2D eigenvalue weighted by molar-refractivity contribution is -0.135. The number of nitrogens with one attached hydrogen (secondary N) is 1. The molecule has 7 heteroatoms. The fourth-order valence-electron chi connectivity index (χ4n) is 2.40. The number of fused-ring (bicyclic) bond motifs is 1. The zero-order chi connectivity index (χ0) is 15.2. The van der Waals surface area contributed by atoms with Gasteiger partial charge in [-0.3, -0.25) is 14.9 Å². The Morgan fingerprint density at radius 1 is 1.29 bits per heavy atom. The highest BCUT2D eigenvalue weighted by molar-refractivity contribution is 6.08. The number of nitrogens with zero attached hydrogens (tertiary/aromatic N) is 3. The van der Waals surface area contributed by atoms with Crippen molar-refractivity contribution in [2.75, 3.05) is 17.2 Å². The van der Waals surface area contributed by atoms with E-state index in [1.165, 1.54) is 6.33 Å². The molecule has 0 bridgehead atoms. The van der Waals surface area contributed by atoms with Gasteiger partial charge in [0, 0.05) is 11.1 Å². The molecule has 0 atom stereocenters. The van der Waals surface area contributed by atoms with Crippen LogP contribution >= 0.6 is 0 Å². The standard InChI is InChI=1S/C14H15N5O2/c1-14(2)13(21)18-11(20)6-19(14)12-9-4-3-8(15)5-10(9)16-7-17-12/h3-5,7H,6,15H2,1-2H3,(H,18,20,21). The van der Waals surface area contributed by atoms with E-state index in [0.29, 0.717) is 17.0 Å². The van der Waals surface area contributed by atoms with Gasteiger partial charge in [0.1, 0.15) is 17.7 Å². The van der Waals surface area contributed by atoms with Gasteiger partial charge in [0.05, 0.1) is 12.1 Å². The van der Waals surface area contributed by atoms with Crippen molar-refractivity contribution in [3.05, 3.63) is 24.5 Å². The van der Waals surface area contributed by atoms with Crippen LogP contribution in [0.3, 0.4) is 0 Å². The van der Waals surface area contributed by atoms with Gasteiger partial charge in [-0.2, -0.15) is 0 Å². The van der Waals surface area contributed by atoms with E-state index in [1.54, 1.807) is 36.9 Å². The molecule has 1 aliphatic heterocycles. The number of anilines is 2. The molecule has 1 aromatic heterocycles. The molecule has 1 aromatic carbocycles. The van der Waals surface area contributed by atoms with Crippen molar-refractivity contribution in [3.63, 3.8) is 0 Å². The maximum atomic E-state index is 12.1. The molecule has 0 spiro atoms. The first-order chi connectivity index (χ1) is 9.89. The molecule has 108 valence electrons. The Balaban J connectivity index is 2.19. The van der Waals surface area contributed by atoms with Crippen molar-refractivity contribution in [1.82, 2.24) is 15.3 Å². The van der Waals surface area contributed by atoms with Crippen LogP contribution in [-0.4, -0.2) is 33.9 Å². The van der Waals surface area contributed by atoms with Crippen molar-refractivity contribution in [1.29, 1.82) is 0 Å². The number of nitrogens with two attached hydrogens (primary N) is 1. The monoisotopic (exact) mass is 285 g/mol. The number of carbonyl (C=O) groups excluding carboxylic acids is 2. The van der Waals surface area contributed by atoms with Crippen molar-refractivity contribution in [2.45, 2.75) is 19.4 Å². The Morgan fingerprint density at radius 3 is 2.81 bits per heavy atom.